The van der Waals surface area contributed by atoms with Gasteiger partial charge in [-0.25, -0.2) is 4.98 Å². The standard InChI is InChI=1S/C13H18N4OS2/c1-3-5-9(2)14-11(18)8-20-13-15-12(16-17-13)10-6-4-7-19-10/h4,6-7,9H,3,5,8H2,1-2H3,(H,14,18)(H,15,16,17)/t9-/m0/s1. The number of aromatic amines is 1. The van der Waals surface area contributed by atoms with E-state index in [1.807, 2.05) is 24.4 Å². The van der Waals surface area contributed by atoms with Crippen LogP contribution in [-0.2, 0) is 4.79 Å². The molecule has 2 aromatic rings. The Balaban J connectivity index is 1.81. The molecule has 0 aliphatic rings. The van der Waals surface area contributed by atoms with Crippen LogP contribution in [0, 0.1) is 0 Å². The average molecular weight is 310 g/mol. The lowest BCUT2D eigenvalue weighted by Gasteiger charge is -2.11. The third kappa shape index (κ3) is 4.35. The molecule has 2 N–H and O–H groups in total. The molecule has 0 unspecified atom stereocenters. The molecule has 0 spiro atoms. The van der Waals surface area contributed by atoms with Gasteiger partial charge in [0.25, 0.3) is 0 Å². The van der Waals surface area contributed by atoms with Gasteiger partial charge in [-0.3, -0.25) is 9.89 Å². The van der Waals surface area contributed by atoms with Crippen LogP contribution in [-0.4, -0.2) is 32.9 Å². The van der Waals surface area contributed by atoms with Crippen molar-refractivity contribution < 1.29 is 4.79 Å². The van der Waals surface area contributed by atoms with Crippen LogP contribution in [0.5, 0.6) is 0 Å². The number of nitrogens with one attached hydrogen (secondary N) is 2. The number of nitrogens with zero attached hydrogens (tertiary/aromatic N) is 2. The molecular weight excluding hydrogens is 292 g/mol. The summed E-state index contributed by atoms with van der Waals surface area (Å²) in [5.41, 5.74) is 0. The van der Waals surface area contributed by atoms with Gasteiger partial charge >= 0.3 is 0 Å². The highest BCUT2D eigenvalue weighted by atomic mass is 32.2. The normalized spacial score (nSPS) is 12.3. The largest absolute Gasteiger partial charge is 0.353 e. The third-order valence-corrected chi connectivity index (χ3v) is 4.40. The fourth-order valence-corrected chi connectivity index (χ4v) is 3.06. The average Bonchev–Trinajstić information content (AvgIpc) is 3.07. The number of aromatic nitrogens is 3. The van der Waals surface area contributed by atoms with E-state index in [4.69, 9.17) is 0 Å². The Morgan fingerprint density at radius 3 is 3.15 bits per heavy atom. The molecule has 2 aromatic heterocycles. The van der Waals surface area contributed by atoms with Gasteiger partial charge in [-0.1, -0.05) is 31.2 Å². The van der Waals surface area contributed by atoms with E-state index in [2.05, 4.69) is 27.4 Å². The lowest BCUT2D eigenvalue weighted by Crippen LogP contribution is -2.33. The maximum Gasteiger partial charge on any atom is 0.230 e. The molecule has 0 aromatic carbocycles. The molecular formula is C13H18N4OS2. The molecule has 0 fully saturated rings. The molecule has 0 aliphatic carbocycles. The van der Waals surface area contributed by atoms with Gasteiger partial charge in [-0.15, -0.1) is 16.4 Å². The van der Waals surface area contributed by atoms with Crippen LogP contribution in [0.15, 0.2) is 22.7 Å². The van der Waals surface area contributed by atoms with Gasteiger partial charge in [-0.2, -0.15) is 0 Å². The number of hydrogen-bond donors (Lipinski definition) is 2. The first-order valence-corrected chi connectivity index (χ1v) is 8.44. The fraction of sp³-hybridized carbons (Fsp3) is 0.462. The summed E-state index contributed by atoms with van der Waals surface area (Å²) in [6.07, 6.45) is 2.07. The topological polar surface area (TPSA) is 70.7 Å². The third-order valence-electron chi connectivity index (χ3n) is 2.68. The highest BCUT2D eigenvalue weighted by Crippen LogP contribution is 2.22. The number of amides is 1. The van der Waals surface area contributed by atoms with Crippen molar-refractivity contribution in [1.82, 2.24) is 20.5 Å². The van der Waals surface area contributed by atoms with Gasteiger partial charge in [0.05, 0.1) is 10.6 Å². The molecule has 0 radical (unpaired) electrons. The zero-order chi connectivity index (χ0) is 14.4. The van der Waals surface area contributed by atoms with Gasteiger partial charge in [0.15, 0.2) is 5.82 Å². The maximum atomic E-state index is 11.7. The van der Waals surface area contributed by atoms with Crippen LogP contribution in [0.2, 0.25) is 0 Å². The summed E-state index contributed by atoms with van der Waals surface area (Å²) in [5.74, 6) is 1.12. The zero-order valence-corrected chi connectivity index (χ0v) is 13.2. The van der Waals surface area contributed by atoms with Crippen molar-refractivity contribution in [3.8, 4) is 10.7 Å². The van der Waals surface area contributed by atoms with Gasteiger partial charge in [0, 0.05) is 6.04 Å². The second kappa shape index (κ2) is 7.44. The molecule has 2 rings (SSSR count). The Morgan fingerprint density at radius 1 is 1.60 bits per heavy atom. The van der Waals surface area contributed by atoms with E-state index in [1.54, 1.807) is 11.3 Å². The first-order chi connectivity index (χ1) is 9.69. The highest BCUT2D eigenvalue weighted by molar-refractivity contribution is 7.99. The predicted molar refractivity (Wildman–Crippen MR) is 82.9 cm³/mol. The summed E-state index contributed by atoms with van der Waals surface area (Å²) >= 11 is 2.95. The quantitative estimate of drug-likeness (QED) is 0.771. The Labute approximate surface area is 126 Å². The SMILES string of the molecule is CCC[C@H](C)NC(=O)CSc1n[nH]c(-c2cccs2)n1. The van der Waals surface area contributed by atoms with Crippen molar-refractivity contribution in [2.75, 3.05) is 5.75 Å². The number of H-pyrrole nitrogens is 1. The van der Waals surface area contributed by atoms with Crippen molar-refractivity contribution in [3.63, 3.8) is 0 Å². The summed E-state index contributed by atoms with van der Waals surface area (Å²) < 4.78 is 0. The Morgan fingerprint density at radius 2 is 2.45 bits per heavy atom. The molecule has 0 bridgehead atoms. The maximum absolute atomic E-state index is 11.7. The highest BCUT2D eigenvalue weighted by Gasteiger charge is 2.10. The van der Waals surface area contributed by atoms with Gasteiger partial charge < -0.3 is 5.32 Å². The Kier molecular flexibility index (Phi) is 5.60. The second-order valence-corrected chi connectivity index (χ2v) is 6.38. The molecule has 20 heavy (non-hydrogen) atoms. The van der Waals surface area contributed by atoms with Crippen molar-refractivity contribution >= 4 is 29.0 Å². The molecule has 2 heterocycles. The van der Waals surface area contributed by atoms with E-state index >= 15 is 0 Å². The predicted octanol–water partition coefficient (Wildman–Crippen LogP) is 2.93. The molecule has 0 saturated heterocycles. The van der Waals surface area contributed by atoms with Crippen molar-refractivity contribution in [3.05, 3.63) is 17.5 Å². The van der Waals surface area contributed by atoms with Crippen molar-refractivity contribution in [2.24, 2.45) is 0 Å². The van der Waals surface area contributed by atoms with Gasteiger partial charge in [0.1, 0.15) is 0 Å². The first-order valence-electron chi connectivity index (χ1n) is 6.57. The lowest BCUT2D eigenvalue weighted by molar-refractivity contribution is -0.119. The summed E-state index contributed by atoms with van der Waals surface area (Å²) in [7, 11) is 0. The van der Waals surface area contributed by atoms with E-state index < -0.39 is 0 Å². The summed E-state index contributed by atoms with van der Waals surface area (Å²) in [5, 5.41) is 12.6. The molecule has 0 saturated carbocycles. The number of thioether (sulfide) groups is 1. The fourth-order valence-electron chi connectivity index (χ4n) is 1.79. The molecule has 7 heteroatoms. The lowest BCUT2D eigenvalue weighted by atomic mass is 10.2. The minimum Gasteiger partial charge on any atom is -0.353 e. The molecule has 0 aliphatic heterocycles. The Bertz CT molecular complexity index is 538. The monoisotopic (exact) mass is 310 g/mol. The van der Waals surface area contributed by atoms with E-state index in [0.29, 0.717) is 10.9 Å². The van der Waals surface area contributed by atoms with Crippen molar-refractivity contribution in [2.45, 2.75) is 37.9 Å². The van der Waals surface area contributed by atoms with Crippen LogP contribution in [0.1, 0.15) is 26.7 Å². The molecule has 108 valence electrons. The number of thiophene rings is 1. The summed E-state index contributed by atoms with van der Waals surface area (Å²) in [4.78, 5) is 17.2. The van der Waals surface area contributed by atoms with Crippen molar-refractivity contribution in [1.29, 1.82) is 0 Å². The number of carbonyl (C=O) groups is 1. The van der Waals surface area contributed by atoms with E-state index in [0.717, 1.165) is 23.5 Å². The van der Waals surface area contributed by atoms with Crippen LogP contribution < -0.4 is 5.32 Å². The summed E-state index contributed by atoms with van der Waals surface area (Å²) in [6, 6.07) is 4.18. The zero-order valence-electron chi connectivity index (χ0n) is 11.5. The van der Waals surface area contributed by atoms with E-state index in [9.17, 15) is 4.79 Å². The van der Waals surface area contributed by atoms with Gasteiger partial charge in [0.2, 0.25) is 11.1 Å². The minimum absolute atomic E-state index is 0.0263. The van der Waals surface area contributed by atoms with Gasteiger partial charge in [-0.05, 0) is 24.8 Å². The Hall–Kier alpha value is -1.34. The van der Waals surface area contributed by atoms with Crippen LogP contribution in [0.3, 0.4) is 0 Å². The van der Waals surface area contributed by atoms with Crippen LogP contribution in [0.25, 0.3) is 10.7 Å². The minimum atomic E-state index is 0.0263. The first kappa shape index (κ1) is 15.1. The molecule has 1 amide bonds. The van der Waals surface area contributed by atoms with E-state index in [-0.39, 0.29) is 11.9 Å². The smallest absolute Gasteiger partial charge is 0.230 e. The molecule has 1 atom stereocenters. The van der Waals surface area contributed by atoms with Crippen LogP contribution >= 0.6 is 23.1 Å². The molecule has 5 nitrogen and oxygen atoms in total. The summed E-state index contributed by atoms with van der Waals surface area (Å²) in [6.45, 7) is 4.13. The van der Waals surface area contributed by atoms with Crippen LogP contribution in [0.4, 0.5) is 0 Å². The van der Waals surface area contributed by atoms with E-state index in [1.165, 1.54) is 11.8 Å². The number of rotatable bonds is 7. The number of hydrogen-bond acceptors (Lipinski definition) is 5. The number of carbonyl (C=O) groups excluding carboxylic acids is 1. The second-order valence-electron chi connectivity index (χ2n) is 4.49.